The van der Waals surface area contributed by atoms with Crippen molar-refractivity contribution in [2.45, 2.75) is 6.42 Å². The van der Waals surface area contributed by atoms with Gasteiger partial charge in [-0.05, 0) is 12.6 Å². The van der Waals surface area contributed by atoms with Crippen LogP contribution in [0.3, 0.4) is 0 Å². The van der Waals surface area contributed by atoms with Gasteiger partial charge in [0.1, 0.15) is 11.5 Å². The van der Waals surface area contributed by atoms with Gasteiger partial charge in [0.25, 0.3) is 0 Å². The maximum absolute atomic E-state index is 11.8. The van der Waals surface area contributed by atoms with E-state index >= 15 is 0 Å². The Hall–Kier alpha value is -1.26. The first kappa shape index (κ1) is 12.8. The third-order valence-corrected chi connectivity index (χ3v) is 2.41. The van der Waals surface area contributed by atoms with Crippen LogP contribution in [0.2, 0.25) is 5.02 Å². The van der Waals surface area contributed by atoms with Crippen LogP contribution in [0.5, 0.6) is 11.5 Å². The Morgan fingerprint density at radius 1 is 1.38 bits per heavy atom. The predicted molar refractivity (Wildman–Crippen MR) is 62.6 cm³/mol. The lowest BCUT2D eigenvalue weighted by Gasteiger charge is -2.11. The number of methoxy groups -OCH3 is 2. The number of halogens is 1. The molecule has 88 valence electrons. The summed E-state index contributed by atoms with van der Waals surface area (Å²) in [7, 11) is 2.97. The fourth-order valence-electron chi connectivity index (χ4n) is 1.37. The Balaban J connectivity index is 3.22. The van der Waals surface area contributed by atoms with E-state index in [-0.39, 0.29) is 18.7 Å². The van der Waals surface area contributed by atoms with Gasteiger partial charge in [0, 0.05) is 12.5 Å². The van der Waals surface area contributed by atoms with Crippen molar-refractivity contribution >= 4 is 17.4 Å². The van der Waals surface area contributed by atoms with E-state index in [1.54, 1.807) is 12.1 Å². The van der Waals surface area contributed by atoms with E-state index in [0.29, 0.717) is 22.1 Å². The second-order valence-corrected chi connectivity index (χ2v) is 3.56. The number of rotatable bonds is 5. The highest BCUT2D eigenvalue weighted by atomic mass is 35.5. The summed E-state index contributed by atoms with van der Waals surface area (Å²) in [5.41, 5.74) is 5.74. The number of carbonyl (C=O) groups is 1. The summed E-state index contributed by atoms with van der Waals surface area (Å²) < 4.78 is 10.1. The van der Waals surface area contributed by atoms with Crippen LogP contribution in [-0.2, 0) is 0 Å². The Labute approximate surface area is 99.3 Å². The van der Waals surface area contributed by atoms with E-state index in [2.05, 4.69) is 0 Å². The zero-order chi connectivity index (χ0) is 12.1. The molecule has 0 saturated heterocycles. The fourth-order valence-corrected chi connectivity index (χ4v) is 1.65. The zero-order valence-electron chi connectivity index (χ0n) is 9.25. The normalized spacial score (nSPS) is 10.0. The lowest BCUT2D eigenvalue weighted by Crippen LogP contribution is -2.09. The molecule has 1 aromatic carbocycles. The van der Waals surface area contributed by atoms with Gasteiger partial charge in [-0.3, -0.25) is 4.79 Å². The summed E-state index contributed by atoms with van der Waals surface area (Å²) >= 11 is 5.97. The summed E-state index contributed by atoms with van der Waals surface area (Å²) in [5, 5.41) is 0.349. The third-order valence-electron chi connectivity index (χ3n) is 2.13. The molecule has 0 amide bonds. The van der Waals surface area contributed by atoms with Crippen LogP contribution in [0.25, 0.3) is 0 Å². The van der Waals surface area contributed by atoms with Gasteiger partial charge in [0.15, 0.2) is 5.78 Å². The van der Waals surface area contributed by atoms with Crippen molar-refractivity contribution in [1.29, 1.82) is 0 Å². The SMILES string of the molecule is COc1cc(Cl)c(OC)c(C(=O)CCN)c1. The molecule has 16 heavy (non-hydrogen) atoms. The van der Waals surface area contributed by atoms with E-state index in [1.807, 2.05) is 0 Å². The van der Waals surface area contributed by atoms with Gasteiger partial charge in [-0.25, -0.2) is 0 Å². The smallest absolute Gasteiger partial charge is 0.168 e. The molecule has 0 bridgehead atoms. The lowest BCUT2D eigenvalue weighted by molar-refractivity contribution is 0.0982. The highest BCUT2D eigenvalue weighted by Crippen LogP contribution is 2.33. The second-order valence-electron chi connectivity index (χ2n) is 3.15. The maximum atomic E-state index is 11.8. The van der Waals surface area contributed by atoms with Crippen molar-refractivity contribution in [3.05, 3.63) is 22.7 Å². The topological polar surface area (TPSA) is 61.5 Å². The molecular weight excluding hydrogens is 230 g/mol. The average Bonchev–Trinajstić information content (AvgIpc) is 2.28. The molecule has 0 spiro atoms. The van der Waals surface area contributed by atoms with E-state index in [0.717, 1.165) is 0 Å². The monoisotopic (exact) mass is 243 g/mol. The number of ether oxygens (including phenoxy) is 2. The number of carbonyl (C=O) groups excluding carboxylic acids is 1. The van der Waals surface area contributed by atoms with Crippen molar-refractivity contribution in [2.24, 2.45) is 5.73 Å². The summed E-state index contributed by atoms with van der Waals surface area (Å²) in [4.78, 5) is 11.8. The lowest BCUT2D eigenvalue weighted by atomic mass is 10.1. The second kappa shape index (κ2) is 5.72. The van der Waals surface area contributed by atoms with Gasteiger partial charge in [0.2, 0.25) is 0 Å². The number of nitrogens with two attached hydrogens (primary N) is 1. The summed E-state index contributed by atoms with van der Waals surface area (Å²) in [6.07, 6.45) is 0.250. The van der Waals surface area contributed by atoms with Crippen LogP contribution in [0.1, 0.15) is 16.8 Å². The van der Waals surface area contributed by atoms with Gasteiger partial charge in [-0.15, -0.1) is 0 Å². The molecule has 0 fully saturated rings. The number of hydrogen-bond acceptors (Lipinski definition) is 4. The molecule has 0 atom stereocenters. The molecule has 5 heteroatoms. The summed E-state index contributed by atoms with van der Waals surface area (Å²) in [6, 6.07) is 3.20. The van der Waals surface area contributed by atoms with E-state index in [4.69, 9.17) is 26.8 Å². The minimum atomic E-state index is -0.111. The van der Waals surface area contributed by atoms with Crippen molar-refractivity contribution < 1.29 is 14.3 Å². The van der Waals surface area contributed by atoms with E-state index in [9.17, 15) is 4.79 Å². The summed E-state index contributed by atoms with van der Waals surface area (Å²) in [6.45, 7) is 0.289. The fraction of sp³-hybridized carbons (Fsp3) is 0.364. The van der Waals surface area contributed by atoms with Gasteiger partial charge in [-0.1, -0.05) is 11.6 Å². The van der Waals surface area contributed by atoms with Crippen molar-refractivity contribution in [1.82, 2.24) is 0 Å². The number of ketones is 1. The molecule has 0 heterocycles. The van der Waals surface area contributed by atoms with Crippen LogP contribution in [-0.4, -0.2) is 26.5 Å². The van der Waals surface area contributed by atoms with Crippen LogP contribution in [0.15, 0.2) is 12.1 Å². The minimum absolute atomic E-state index is 0.111. The molecule has 0 aliphatic rings. The molecule has 1 aromatic rings. The Morgan fingerprint density at radius 3 is 2.56 bits per heavy atom. The molecule has 0 aliphatic carbocycles. The first-order chi connectivity index (χ1) is 7.63. The molecule has 0 aromatic heterocycles. The number of Topliss-reactive ketones (excluding diaryl/α,β-unsaturated/α-hetero) is 1. The molecular formula is C11H14ClNO3. The Morgan fingerprint density at radius 2 is 2.06 bits per heavy atom. The largest absolute Gasteiger partial charge is 0.497 e. The Bertz CT molecular complexity index is 393. The molecule has 0 aliphatic heterocycles. The third kappa shape index (κ3) is 2.65. The quantitative estimate of drug-likeness (QED) is 0.803. The number of hydrogen-bond donors (Lipinski definition) is 1. The highest BCUT2D eigenvalue weighted by molar-refractivity contribution is 6.33. The first-order valence-corrected chi connectivity index (χ1v) is 5.16. The van der Waals surface area contributed by atoms with Crippen LogP contribution in [0.4, 0.5) is 0 Å². The summed E-state index contributed by atoms with van der Waals surface area (Å²) in [5.74, 6) is 0.771. The van der Waals surface area contributed by atoms with Crippen LogP contribution < -0.4 is 15.2 Å². The van der Waals surface area contributed by atoms with Crippen LogP contribution in [0, 0.1) is 0 Å². The minimum Gasteiger partial charge on any atom is -0.497 e. The van der Waals surface area contributed by atoms with Gasteiger partial charge in [0.05, 0.1) is 24.8 Å². The van der Waals surface area contributed by atoms with Gasteiger partial charge >= 0.3 is 0 Å². The molecule has 0 saturated carbocycles. The highest BCUT2D eigenvalue weighted by Gasteiger charge is 2.16. The van der Waals surface area contributed by atoms with Crippen LogP contribution >= 0.6 is 11.6 Å². The predicted octanol–water partition coefficient (Wildman–Crippen LogP) is 1.89. The molecule has 4 nitrogen and oxygen atoms in total. The zero-order valence-corrected chi connectivity index (χ0v) is 10.0. The number of benzene rings is 1. The Kier molecular flexibility index (Phi) is 4.58. The molecule has 0 unspecified atom stereocenters. The van der Waals surface area contributed by atoms with Crippen molar-refractivity contribution in [3.8, 4) is 11.5 Å². The standard InChI is InChI=1S/C11H14ClNO3/c1-15-7-5-8(10(14)3-4-13)11(16-2)9(12)6-7/h5-6H,3-4,13H2,1-2H3. The molecule has 2 N–H and O–H groups in total. The van der Waals surface area contributed by atoms with Crippen molar-refractivity contribution in [2.75, 3.05) is 20.8 Å². The van der Waals surface area contributed by atoms with Gasteiger partial charge in [-0.2, -0.15) is 0 Å². The molecule has 0 radical (unpaired) electrons. The first-order valence-electron chi connectivity index (χ1n) is 4.78. The van der Waals surface area contributed by atoms with E-state index in [1.165, 1.54) is 14.2 Å². The average molecular weight is 244 g/mol. The van der Waals surface area contributed by atoms with Gasteiger partial charge < -0.3 is 15.2 Å². The maximum Gasteiger partial charge on any atom is 0.168 e. The molecule has 1 rings (SSSR count). The van der Waals surface area contributed by atoms with E-state index < -0.39 is 0 Å². The van der Waals surface area contributed by atoms with Crippen molar-refractivity contribution in [3.63, 3.8) is 0 Å².